The second-order valence-corrected chi connectivity index (χ2v) is 11.2. The molecule has 200 valence electrons. The first-order chi connectivity index (χ1) is 17.5. The van der Waals surface area contributed by atoms with Crippen LogP contribution >= 0.6 is 11.8 Å². The fourth-order valence-electron chi connectivity index (χ4n) is 4.04. The minimum Gasteiger partial charge on any atom is -0.508 e. The number of aryl methyl sites for hydroxylation is 1. The Morgan fingerprint density at radius 2 is 1.76 bits per heavy atom. The van der Waals surface area contributed by atoms with Gasteiger partial charge >= 0.3 is 6.09 Å². The molecular formula is C28H37N3O5S. The molecule has 1 saturated carbocycles. The fourth-order valence-corrected chi connectivity index (χ4v) is 4.52. The van der Waals surface area contributed by atoms with Crippen molar-refractivity contribution in [2.24, 2.45) is 0 Å². The first-order valence-corrected chi connectivity index (χ1v) is 13.9. The van der Waals surface area contributed by atoms with Crippen LogP contribution in [0.3, 0.4) is 0 Å². The lowest BCUT2D eigenvalue weighted by Gasteiger charge is -2.35. The molecule has 0 radical (unpaired) electrons. The van der Waals surface area contributed by atoms with Crippen LogP contribution in [0.4, 0.5) is 10.5 Å². The molecule has 2 atom stereocenters. The van der Waals surface area contributed by atoms with Crippen molar-refractivity contribution in [3.63, 3.8) is 0 Å². The van der Waals surface area contributed by atoms with Crippen molar-refractivity contribution in [1.82, 2.24) is 10.2 Å². The third-order valence-electron chi connectivity index (χ3n) is 5.96. The van der Waals surface area contributed by atoms with E-state index in [2.05, 4.69) is 10.6 Å². The van der Waals surface area contributed by atoms with Crippen molar-refractivity contribution in [1.29, 1.82) is 0 Å². The van der Waals surface area contributed by atoms with E-state index in [1.807, 2.05) is 31.4 Å². The molecule has 3 N–H and O–H groups in total. The number of aromatic hydroxyl groups is 1. The van der Waals surface area contributed by atoms with Crippen molar-refractivity contribution in [2.75, 3.05) is 17.3 Å². The smallest absolute Gasteiger partial charge is 0.408 e. The highest BCUT2D eigenvalue weighted by atomic mass is 32.2. The van der Waals surface area contributed by atoms with E-state index in [4.69, 9.17) is 4.74 Å². The van der Waals surface area contributed by atoms with Gasteiger partial charge in [0.15, 0.2) is 0 Å². The molecular weight excluding hydrogens is 490 g/mol. The van der Waals surface area contributed by atoms with E-state index in [0.29, 0.717) is 23.4 Å². The summed E-state index contributed by atoms with van der Waals surface area (Å²) in [4.78, 5) is 42.0. The Morgan fingerprint density at radius 3 is 2.35 bits per heavy atom. The number of nitrogens with one attached hydrogen (secondary N) is 2. The van der Waals surface area contributed by atoms with E-state index in [9.17, 15) is 19.5 Å². The Bertz CT molecular complexity index is 1110. The summed E-state index contributed by atoms with van der Waals surface area (Å²) >= 11 is 1.56. The van der Waals surface area contributed by atoms with Gasteiger partial charge in [-0.15, -0.1) is 0 Å². The number of nitrogens with zero attached hydrogens (tertiary/aromatic N) is 1. The largest absolute Gasteiger partial charge is 0.508 e. The number of rotatable bonds is 10. The van der Waals surface area contributed by atoms with E-state index in [1.165, 1.54) is 11.0 Å². The maximum atomic E-state index is 14.1. The van der Waals surface area contributed by atoms with Crippen LogP contribution in [0.15, 0.2) is 48.5 Å². The summed E-state index contributed by atoms with van der Waals surface area (Å²) in [5, 5.41) is 16.4. The molecule has 3 rings (SSSR count). The quantitative estimate of drug-likeness (QED) is 0.401. The summed E-state index contributed by atoms with van der Waals surface area (Å²) in [7, 11) is 0. The maximum absolute atomic E-state index is 14.1. The van der Waals surface area contributed by atoms with Gasteiger partial charge in [-0.3, -0.25) is 9.59 Å². The van der Waals surface area contributed by atoms with Crippen molar-refractivity contribution in [3.8, 4) is 5.75 Å². The molecule has 2 aromatic rings. The van der Waals surface area contributed by atoms with Crippen molar-refractivity contribution in [2.45, 2.75) is 70.7 Å². The summed E-state index contributed by atoms with van der Waals surface area (Å²) in [6, 6.07) is 11.8. The van der Waals surface area contributed by atoms with Gasteiger partial charge in [0.25, 0.3) is 5.91 Å². The fraction of sp³-hybridized carbons (Fsp3) is 0.464. The highest BCUT2D eigenvalue weighted by molar-refractivity contribution is 7.98. The van der Waals surface area contributed by atoms with Crippen LogP contribution in [-0.2, 0) is 14.3 Å². The number of phenolic OH excluding ortho intramolecular Hbond substituents is 1. The lowest BCUT2D eigenvalue weighted by atomic mass is 10.0. The van der Waals surface area contributed by atoms with Crippen LogP contribution in [0.2, 0.25) is 0 Å². The Kier molecular flexibility index (Phi) is 9.48. The van der Waals surface area contributed by atoms with Crippen LogP contribution in [0.25, 0.3) is 0 Å². The predicted octanol–water partition coefficient (Wildman–Crippen LogP) is 5.02. The number of ether oxygens (including phenoxy) is 1. The van der Waals surface area contributed by atoms with Crippen LogP contribution in [0, 0.1) is 6.92 Å². The highest BCUT2D eigenvalue weighted by Crippen LogP contribution is 2.39. The number of amides is 3. The average molecular weight is 528 g/mol. The van der Waals surface area contributed by atoms with Gasteiger partial charge in [0.1, 0.15) is 23.4 Å². The van der Waals surface area contributed by atoms with Crippen LogP contribution in [0.5, 0.6) is 5.75 Å². The molecule has 0 aliphatic heterocycles. The SMILES string of the molecule is CSCCC(NC(=O)OC(C)(C)C)C(=O)N(C1CC1)C(C(=O)Nc1ccccc1C)c1ccccc1O. The number of alkyl carbamates (subject to hydrolysis) is 1. The Hall–Kier alpha value is -3.20. The number of carbonyl (C=O) groups excluding carboxylic acids is 3. The van der Waals surface area contributed by atoms with E-state index in [-0.39, 0.29) is 17.7 Å². The zero-order valence-electron chi connectivity index (χ0n) is 22.1. The number of phenols is 1. The number of para-hydroxylation sites is 2. The second-order valence-electron chi connectivity index (χ2n) is 10.2. The third-order valence-corrected chi connectivity index (χ3v) is 6.60. The summed E-state index contributed by atoms with van der Waals surface area (Å²) in [6.07, 6.45) is 3.07. The molecule has 0 aromatic heterocycles. The molecule has 9 heteroatoms. The molecule has 0 saturated heterocycles. The molecule has 0 bridgehead atoms. The zero-order chi connectivity index (χ0) is 27.2. The van der Waals surface area contributed by atoms with E-state index < -0.39 is 29.7 Å². The van der Waals surface area contributed by atoms with Gasteiger partial charge in [-0.05, 0) is 76.7 Å². The van der Waals surface area contributed by atoms with Crippen molar-refractivity contribution < 1.29 is 24.2 Å². The van der Waals surface area contributed by atoms with Gasteiger partial charge in [-0.2, -0.15) is 11.8 Å². The molecule has 3 amide bonds. The minimum absolute atomic E-state index is 0.0772. The Balaban J connectivity index is 1.99. The molecule has 1 aliphatic rings. The highest BCUT2D eigenvalue weighted by Gasteiger charge is 2.44. The molecule has 2 aromatic carbocycles. The normalized spacial score (nSPS) is 14.8. The van der Waals surface area contributed by atoms with E-state index >= 15 is 0 Å². The monoisotopic (exact) mass is 527 g/mol. The summed E-state index contributed by atoms with van der Waals surface area (Å²) in [6.45, 7) is 7.15. The molecule has 0 heterocycles. The molecule has 8 nitrogen and oxygen atoms in total. The first-order valence-electron chi connectivity index (χ1n) is 12.5. The van der Waals surface area contributed by atoms with Gasteiger partial charge < -0.3 is 25.4 Å². The first kappa shape index (κ1) is 28.4. The lowest BCUT2D eigenvalue weighted by molar-refractivity contribution is -0.141. The van der Waals surface area contributed by atoms with E-state index in [1.54, 1.807) is 56.8 Å². The number of anilines is 1. The van der Waals surface area contributed by atoms with Gasteiger partial charge in [0.05, 0.1) is 0 Å². The summed E-state index contributed by atoms with van der Waals surface area (Å²) in [5.74, 6) is -0.263. The van der Waals surface area contributed by atoms with Gasteiger partial charge in [-0.25, -0.2) is 4.79 Å². The second kappa shape index (κ2) is 12.4. The van der Waals surface area contributed by atoms with Gasteiger partial charge in [-0.1, -0.05) is 36.4 Å². The topological polar surface area (TPSA) is 108 Å². The number of benzene rings is 2. The molecule has 0 spiro atoms. The van der Waals surface area contributed by atoms with Crippen LogP contribution in [0.1, 0.15) is 57.2 Å². The number of hydrogen-bond donors (Lipinski definition) is 3. The van der Waals surface area contributed by atoms with Gasteiger partial charge in [0, 0.05) is 17.3 Å². The summed E-state index contributed by atoms with van der Waals surface area (Å²) in [5.41, 5.74) is 1.11. The number of hydrogen-bond acceptors (Lipinski definition) is 6. The molecule has 2 unspecified atom stereocenters. The third kappa shape index (κ3) is 7.89. The molecule has 1 aliphatic carbocycles. The zero-order valence-corrected chi connectivity index (χ0v) is 22.9. The summed E-state index contributed by atoms with van der Waals surface area (Å²) < 4.78 is 5.41. The van der Waals surface area contributed by atoms with Crippen molar-refractivity contribution in [3.05, 3.63) is 59.7 Å². The van der Waals surface area contributed by atoms with Crippen LogP contribution < -0.4 is 10.6 Å². The average Bonchev–Trinajstić information content (AvgIpc) is 3.66. The Morgan fingerprint density at radius 1 is 1.11 bits per heavy atom. The minimum atomic E-state index is -1.09. The number of thioether (sulfide) groups is 1. The standard InChI is InChI=1S/C28H37N3O5S/c1-18-10-6-8-12-21(18)29-25(33)24(20-11-7-9-13-23(20)32)31(19-14-15-19)26(34)22(16-17-37-5)30-27(35)36-28(2,3)4/h6-13,19,22,24,32H,14-17H2,1-5H3,(H,29,33)(H,30,35). The lowest BCUT2D eigenvalue weighted by Crippen LogP contribution is -2.53. The maximum Gasteiger partial charge on any atom is 0.408 e. The molecule has 37 heavy (non-hydrogen) atoms. The van der Waals surface area contributed by atoms with Crippen molar-refractivity contribution >= 4 is 35.4 Å². The van der Waals surface area contributed by atoms with Crippen LogP contribution in [-0.4, -0.2) is 57.6 Å². The molecule has 1 fully saturated rings. The predicted molar refractivity (Wildman–Crippen MR) is 147 cm³/mol. The van der Waals surface area contributed by atoms with E-state index in [0.717, 1.165) is 18.4 Å². The van der Waals surface area contributed by atoms with Gasteiger partial charge in [0.2, 0.25) is 5.91 Å². The Labute approximate surface area is 223 Å². The number of carbonyl (C=O) groups is 3.